The van der Waals surface area contributed by atoms with Crippen LogP contribution in [-0.2, 0) is 22.6 Å². The van der Waals surface area contributed by atoms with Crippen LogP contribution in [0.2, 0.25) is 0 Å². The van der Waals surface area contributed by atoms with E-state index >= 15 is 0 Å². The highest BCUT2D eigenvalue weighted by molar-refractivity contribution is 5.88. The average Bonchev–Trinajstić information content (AvgIpc) is 2.65. The first-order valence-electron chi connectivity index (χ1n) is 10.0. The van der Waals surface area contributed by atoms with Crippen LogP contribution in [0.15, 0.2) is 42.5 Å². The van der Waals surface area contributed by atoms with Crippen molar-refractivity contribution in [1.29, 1.82) is 0 Å². The topological polar surface area (TPSA) is 49.4 Å². The number of nitrogens with one attached hydrogen (secondary N) is 1. The Morgan fingerprint density at radius 3 is 2.32 bits per heavy atom. The second-order valence-electron chi connectivity index (χ2n) is 7.42. The average molecular weight is 381 g/mol. The fourth-order valence-corrected chi connectivity index (χ4v) is 3.41. The van der Waals surface area contributed by atoms with E-state index in [2.05, 4.69) is 31.3 Å². The maximum absolute atomic E-state index is 13.3. The van der Waals surface area contributed by atoms with Crippen molar-refractivity contribution in [2.75, 3.05) is 6.54 Å². The fourth-order valence-electron chi connectivity index (χ4n) is 3.41. The van der Waals surface area contributed by atoms with Crippen LogP contribution < -0.4 is 5.32 Å². The molecule has 2 amide bonds. The summed E-state index contributed by atoms with van der Waals surface area (Å²) in [5, 5.41) is 2.88. The molecule has 0 spiro atoms. The molecule has 2 aromatic rings. The number of benzene rings is 2. The van der Waals surface area contributed by atoms with Gasteiger partial charge in [0.1, 0.15) is 6.04 Å². The quantitative estimate of drug-likeness (QED) is 0.750. The lowest BCUT2D eigenvalue weighted by Crippen LogP contribution is -2.49. The minimum absolute atomic E-state index is 0.0251. The van der Waals surface area contributed by atoms with Gasteiger partial charge in [-0.2, -0.15) is 0 Å². The minimum atomic E-state index is -0.473. The molecule has 0 saturated heterocycles. The molecule has 0 fully saturated rings. The van der Waals surface area contributed by atoms with E-state index in [1.807, 2.05) is 51.1 Å². The number of carbonyl (C=O) groups excluding carboxylic acids is 2. The van der Waals surface area contributed by atoms with E-state index in [0.717, 1.165) is 16.7 Å². The highest BCUT2D eigenvalue weighted by Crippen LogP contribution is 2.17. The molecule has 0 saturated carbocycles. The molecular weight excluding hydrogens is 348 g/mol. The van der Waals surface area contributed by atoms with Gasteiger partial charge in [0.2, 0.25) is 11.8 Å². The Morgan fingerprint density at radius 1 is 0.964 bits per heavy atom. The molecule has 2 aromatic carbocycles. The van der Waals surface area contributed by atoms with Gasteiger partial charge in [-0.05, 0) is 56.4 Å². The standard InChI is InChI=1S/C24H32N2O2/c1-6-22(24(28)25-7-2)26(16-21-10-8-9-17(3)13-21)23(27)15-20-12-11-18(4)19(5)14-20/h8-14,22H,6-7,15-16H2,1-5H3,(H,25,28)/t22-/m0/s1. The second-order valence-corrected chi connectivity index (χ2v) is 7.42. The lowest BCUT2D eigenvalue weighted by Gasteiger charge is -2.31. The largest absolute Gasteiger partial charge is 0.355 e. The maximum Gasteiger partial charge on any atom is 0.242 e. The van der Waals surface area contributed by atoms with Gasteiger partial charge in [-0.3, -0.25) is 9.59 Å². The number of hydrogen-bond acceptors (Lipinski definition) is 2. The molecule has 0 radical (unpaired) electrons. The number of likely N-dealkylation sites (N-methyl/N-ethyl adjacent to an activating group) is 1. The predicted octanol–water partition coefficient (Wildman–Crippen LogP) is 4.10. The van der Waals surface area contributed by atoms with Crippen molar-refractivity contribution in [3.05, 3.63) is 70.3 Å². The van der Waals surface area contributed by atoms with Crippen LogP contribution in [0.5, 0.6) is 0 Å². The molecule has 150 valence electrons. The zero-order chi connectivity index (χ0) is 20.7. The third-order valence-corrected chi connectivity index (χ3v) is 5.10. The van der Waals surface area contributed by atoms with Gasteiger partial charge in [0.05, 0.1) is 6.42 Å². The van der Waals surface area contributed by atoms with Crippen molar-refractivity contribution >= 4 is 11.8 Å². The first-order chi connectivity index (χ1) is 13.3. The SMILES string of the molecule is CCNC(=O)[C@H](CC)N(Cc1cccc(C)c1)C(=O)Cc1ccc(C)c(C)c1. The number of aryl methyl sites for hydroxylation is 3. The molecule has 0 aliphatic rings. The van der Waals surface area contributed by atoms with Crippen molar-refractivity contribution in [3.63, 3.8) is 0 Å². The van der Waals surface area contributed by atoms with Crippen LogP contribution in [0.25, 0.3) is 0 Å². The summed E-state index contributed by atoms with van der Waals surface area (Å²) in [4.78, 5) is 27.6. The molecule has 0 bridgehead atoms. The van der Waals surface area contributed by atoms with Gasteiger partial charge in [-0.25, -0.2) is 0 Å². The van der Waals surface area contributed by atoms with Gasteiger partial charge in [0, 0.05) is 13.1 Å². The predicted molar refractivity (Wildman–Crippen MR) is 114 cm³/mol. The Morgan fingerprint density at radius 2 is 1.71 bits per heavy atom. The maximum atomic E-state index is 13.3. The van der Waals surface area contributed by atoms with E-state index < -0.39 is 6.04 Å². The van der Waals surface area contributed by atoms with E-state index in [1.165, 1.54) is 11.1 Å². The summed E-state index contributed by atoms with van der Waals surface area (Å²) >= 11 is 0. The lowest BCUT2D eigenvalue weighted by atomic mass is 10.0. The van der Waals surface area contributed by atoms with Gasteiger partial charge in [-0.15, -0.1) is 0 Å². The Kier molecular flexibility index (Phi) is 7.80. The second kappa shape index (κ2) is 10.1. The Labute approximate surface area is 169 Å². The number of hydrogen-bond donors (Lipinski definition) is 1. The van der Waals surface area contributed by atoms with Gasteiger partial charge in [0.15, 0.2) is 0 Å². The summed E-state index contributed by atoms with van der Waals surface area (Å²) in [5.41, 5.74) is 5.54. The third kappa shape index (κ3) is 5.69. The molecular formula is C24H32N2O2. The smallest absolute Gasteiger partial charge is 0.242 e. The summed E-state index contributed by atoms with van der Waals surface area (Å²) in [6.07, 6.45) is 0.874. The van der Waals surface area contributed by atoms with Crippen molar-refractivity contribution in [3.8, 4) is 0 Å². The van der Waals surface area contributed by atoms with E-state index in [-0.39, 0.29) is 11.8 Å². The number of amides is 2. The first-order valence-corrected chi connectivity index (χ1v) is 10.0. The molecule has 1 atom stereocenters. The van der Waals surface area contributed by atoms with Crippen molar-refractivity contribution in [2.45, 2.75) is 60.0 Å². The highest BCUT2D eigenvalue weighted by Gasteiger charge is 2.28. The van der Waals surface area contributed by atoms with Crippen LogP contribution in [0.1, 0.15) is 48.1 Å². The molecule has 1 N–H and O–H groups in total. The Bertz CT molecular complexity index is 829. The van der Waals surface area contributed by atoms with Crippen LogP contribution >= 0.6 is 0 Å². The van der Waals surface area contributed by atoms with Gasteiger partial charge in [-0.1, -0.05) is 55.0 Å². The molecule has 28 heavy (non-hydrogen) atoms. The summed E-state index contributed by atoms with van der Waals surface area (Å²) in [5.74, 6) is -0.117. The summed E-state index contributed by atoms with van der Waals surface area (Å²) < 4.78 is 0. The minimum Gasteiger partial charge on any atom is -0.355 e. The molecule has 2 rings (SSSR count). The highest BCUT2D eigenvalue weighted by atomic mass is 16.2. The van der Waals surface area contributed by atoms with Gasteiger partial charge < -0.3 is 10.2 Å². The van der Waals surface area contributed by atoms with Crippen LogP contribution in [0, 0.1) is 20.8 Å². The molecule has 4 nitrogen and oxygen atoms in total. The van der Waals surface area contributed by atoms with Crippen molar-refractivity contribution in [2.24, 2.45) is 0 Å². The third-order valence-electron chi connectivity index (χ3n) is 5.10. The molecule has 0 unspecified atom stereocenters. The molecule has 0 heterocycles. The number of rotatable bonds is 8. The zero-order valence-electron chi connectivity index (χ0n) is 17.7. The normalized spacial score (nSPS) is 11.8. The van der Waals surface area contributed by atoms with Crippen molar-refractivity contribution in [1.82, 2.24) is 10.2 Å². The van der Waals surface area contributed by atoms with E-state index in [9.17, 15) is 9.59 Å². The summed E-state index contributed by atoms with van der Waals surface area (Å²) in [6.45, 7) is 11.0. The van der Waals surface area contributed by atoms with E-state index in [0.29, 0.717) is 25.9 Å². The molecule has 4 heteroatoms. The fraction of sp³-hybridized carbons (Fsp3) is 0.417. The molecule has 0 aliphatic carbocycles. The van der Waals surface area contributed by atoms with E-state index in [4.69, 9.17) is 0 Å². The zero-order valence-corrected chi connectivity index (χ0v) is 17.7. The molecule has 0 aromatic heterocycles. The van der Waals surface area contributed by atoms with Crippen LogP contribution in [0.3, 0.4) is 0 Å². The van der Waals surface area contributed by atoms with Crippen molar-refractivity contribution < 1.29 is 9.59 Å². The number of carbonyl (C=O) groups is 2. The van der Waals surface area contributed by atoms with Gasteiger partial charge >= 0.3 is 0 Å². The molecule has 0 aliphatic heterocycles. The van der Waals surface area contributed by atoms with E-state index in [1.54, 1.807) is 4.90 Å². The Balaban J connectivity index is 2.30. The summed E-state index contributed by atoms with van der Waals surface area (Å²) in [7, 11) is 0. The summed E-state index contributed by atoms with van der Waals surface area (Å²) in [6, 6.07) is 13.7. The van der Waals surface area contributed by atoms with Crippen LogP contribution in [0.4, 0.5) is 0 Å². The number of nitrogens with zero attached hydrogens (tertiary/aromatic N) is 1. The van der Waals surface area contributed by atoms with Gasteiger partial charge in [0.25, 0.3) is 0 Å². The Hall–Kier alpha value is -2.62. The van der Waals surface area contributed by atoms with Crippen LogP contribution in [-0.4, -0.2) is 29.3 Å². The first kappa shape index (κ1) is 21.7. The monoisotopic (exact) mass is 380 g/mol. The lowest BCUT2D eigenvalue weighted by molar-refractivity contribution is -0.140.